The van der Waals surface area contributed by atoms with Crippen molar-refractivity contribution in [3.63, 3.8) is 0 Å². The number of aryl methyl sites for hydroxylation is 1. The van der Waals surface area contributed by atoms with Crippen molar-refractivity contribution in [2.24, 2.45) is 0 Å². The smallest absolute Gasteiger partial charge is 0.333 e. The van der Waals surface area contributed by atoms with Crippen LogP contribution >= 0.6 is 0 Å². The van der Waals surface area contributed by atoms with Crippen LogP contribution in [0.2, 0.25) is 0 Å². The molecule has 2 heterocycles. The second kappa shape index (κ2) is 11.1. The molecule has 36 heavy (non-hydrogen) atoms. The Morgan fingerprint density at radius 2 is 2.06 bits per heavy atom. The van der Waals surface area contributed by atoms with Crippen LogP contribution in [0.5, 0.6) is 0 Å². The maximum atomic E-state index is 13.4. The van der Waals surface area contributed by atoms with Gasteiger partial charge in [-0.05, 0) is 25.1 Å². The third-order valence-corrected chi connectivity index (χ3v) is 7.37. The highest BCUT2D eigenvalue weighted by Gasteiger charge is 2.35. The highest BCUT2D eigenvalue weighted by Crippen LogP contribution is 2.27. The maximum Gasteiger partial charge on any atom is 0.333 e. The molecule has 0 radical (unpaired) electrons. The van der Waals surface area contributed by atoms with Gasteiger partial charge in [-0.2, -0.15) is 5.26 Å². The molecule has 0 spiro atoms. The van der Waals surface area contributed by atoms with Crippen LogP contribution in [-0.2, 0) is 21.1 Å². The maximum absolute atomic E-state index is 13.4. The van der Waals surface area contributed by atoms with Crippen LogP contribution in [0, 0.1) is 24.1 Å². The van der Waals surface area contributed by atoms with Crippen LogP contribution in [0.1, 0.15) is 34.1 Å². The second-order valence-electron chi connectivity index (χ2n) is 8.29. The molecule has 0 bridgehead atoms. The van der Waals surface area contributed by atoms with Crippen molar-refractivity contribution in [1.29, 1.82) is 5.26 Å². The first-order valence-electron chi connectivity index (χ1n) is 10.9. The number of ether oxygens (including phenoxy) is 1. The summed E-state index contributed by atoms with van der Waals surface area (Å²) in [4.78, 5) is 37.6. The number of carbonyl (C=O) groups is 1. The number of benzene rings is 1. The van der Waals surface area contributed by atoms with Crippen molar-refractivity contribution in [2.45, 2.75) is 38.3 Å². The number of aliphatic hydroxyl groups is 2. The lowest BCUT2D eigenvalue weighted by Gasteiger charge is -2.17. The van der Waals surface area contributed by atoms with E-state index in [1.165, 1.54) is 13.1 Å². The van der Waals surface area contributed by atoms with Gasteiger partial charge in [-0.25, -0.2) is 17.6 Å². The number of sulfone groups is 1. The molecule has 3 rings (SSSR count). The summed E-state index contributed by atoms with van der Waals surface area (Å²) in [7, 11) is -3.82. The molecule has 1 saturated heterocycles. The molecule has 1 aliphatic heterocycles. The molecule has 0 aliphatic carbocycles. The zero-order valence-corrected chi connectivity index (χ0v) is 20.1. The van der Waals surface area contributed by atoms with Crippen LogP contribution in [0.4, 0.5) is 4.39 Å². The average Bonchev–Trinajstić information content (AvgIpc) is 3.21. The summed E-state index contributed by atoms with van der Waals surface area (Å²) in [6.45, 7) is 0.253. The van der Waals surface area contributed by atoms with Gasteiger partial charge in [0.15, 0.2) is 9.84 Å². The molecule has 1 aromatic heterocycles. The van der Waals surface area contributed by atoms with Crippen molar-refractivity contribution in [1.82, 2.24) is 14.5 Å². The quantitative estimate of drug-likeness (QED) is 0.364. The lowest BCUT2D eigenvalue weighted by atomic mass is 10.1. The van der Waals surface area contributed by atoms with Gasteiger partial charge in [0.05, 0.1) is 29.8 Å². The molecule has 0 unspecified atom stereocenters. The Kier molecular flexibility index (Phi) is 8.41. The first-order valence-corrected chi connectivity index (χ1v) is 12.7. The van der Waals surface area contributed by atoms with Crippen LogP contribution < -0.4 is 16.6 Å². The molecule has 194 valence electrons. The van der Waals surface area contributed by atoms with Crippen LogP contribution in [0.25, 0.3) is 0 Å². The van der Waals surface area contributed by atoms with E-state index in [9.17, 15) is 37.4 Å². The van der Waals surface area contributed by atoms with E-state index < -0.39 is 75.9 Å². The molecule has 12 nitrogen and oxygen atoms in total. The van der Waals surface area contributed by atoms with Gasteiger partial charge in [0, 0.05) is 36.8 Å². The standard InChI is InChI=1S/C22H25FN4O8S/c1-13-11-27(19-9-17(29)18(12-28)35-19)22(32)26(21(13)31)5-7-36(33,34)6-4-25-20(30)14-2-3-16(23)15(8-14)10-24/h2-3,8,11,17-19,28-29H,4-7,9,12H2,1H3,(H,25,30)/t17-,18+,19+/m0/s1/i23+0. The van der Waals surface area contributed by atoms with Crippen LogP contribution in [0.3, 0.4) is 0 Å². The Labute approximate surface area is 205 Å². The average molecular weight is 525 g/mol. The predicted molar refractivity (Wildman–Crippen MR) is 123 cm³/mol. The summed E-state index contributed by atoms with van der Waals surface area (Å²) < 4.78 is 45.7. The molecule has 14 heteroatoms. The van der Waals surface area contributed by atoms with E-state index in [-0.39, 0.29) is 29.7 Å². The number of aliphatic hydroxyl groups excluding tert-OH is 2. The molecular weight excluding hydrogens is 499 g/mol. The lowest BCUT2D eigenvalue weighted by Crippen LogP contribution is -2.43. The highest BCUT2D eigenvalue weighted by molar-refractivity contribution is 7.91. The van der Waals surface area contributed by atoms with Gasteiger partial charge in [-0.3, -0.25) is 18.7 Å². The van der Waals surface area contributed by atoms with E-state index in [1.807, 2.05) is 0 Å². The number of rotatable bonds is 9. The number of halogens is 1. The zero-order valence-electron chi connectivity index (χ0n) is 19.3. The van der Waals surface area contributed by atoms with Crippen LogP contribution in [0.15, 0.2) is 34.0 Å². The predicted octanol–water partition coefficient (Wildman–Crippen LogP) is -1.19. The number of carbonyl (C=O) groups excluding carboxylic acids is 1. The highest BCUT2D eigenvalue weighted by atomic mass is 32.2. The van der Waals surface area contributed by atoms with Gasteiger partial charge in [0.2, 0.25) is 0 Å². The summed E-state index contributed by atoms with van der Waals surface area (Å²) in [5, 5.41) is 30.4. The van der Waals surface area contributed by atoms with Gasteiger partial charge in [-0.1, -0.05) is 0 Å². The lowest BCUT2D eigenvalue weighted by molar-refractivity contribution is -0.0463. The van der Waals surface area contributed by atoms with Gasteiger partial charge < -0.3 is 20.3 Å². The second-order valence-corrected chi connectivity index (χ2v) is 10.6. The monoisotopic (exact) mass is 524 g/mol. The normalized spacial score (nSPS) is 19.7. The molecule has 1 aliphatic rings. The fourth-order valence-corrected chi connectivity index (χ4v) is 4.80. The van der Waals surface area contributed by atoms with E-state index in [4.69, 9.17) is 10.00 Å². The van der Waals surface area contributed by atoms with Gasteiger partial charge in [0.25, 0.3) is 11.5 Å². The number of nitriles is 1. The minimum Gasteiger partial charge on any atom is -0.394 e. The molecule has 1 aromatic carbocycles. The van der Waals surface area contributed by atoms with Crippen molar-refractivity contribution in [2.75, 3.05) is 24.7 Å². The topological polar surface area (TPSA) is 181 Å². The summed E-state index contributed by atoms with van der Waals surface area (Å²) in [5.74, 6) is -2.54. The Morgan fingerprint density at radius 1 is 1.33 bits per heavy atom. The molecule has 3 atom stereocenters. The van der Waals surface area contributed by atoms with Crippen molar-refractivity contribution >= 4 is 15.7 Å². The van der Waals surface area contributed by atoms with Gasteiger partial charge in [-0.15, -0.1) is 0 Å². The molecule has 0 saturated carbocycles. The Bertz CT molecular complexity index is 1410. The molecule has 1 fully saturated rings. The Hall–Kier alpha value is -3.38. The number of hydrogen-bond donors (Lipinski definition) is 3. The molecule has 1 amide bonds. The Morgan fingerprint density at radius 3 is 2.69 bits per heavy atom. The van der Waals surface area contributed by atoms with Gasteiger partial charge in [0.1, 0.15) is 24.2 Å². The number of aromatic nitrogens is 2. The van der Waals surface area contributed by atoms with Crippen molar-refractivity contribution < 1.29 is 32.6 Å². The van der Waals surface area contributed by atoms with Crippen molar-refractivity contribution in [3.05, 3.63) is 67.7 Å². The number of nitrogens with zero attached hydrogens (tertiary/aromatic N) is 3. The number of hydrogen-bond acceptors (Lipinski definition) is 9. The molecule has 3 N–H and O–H groups in total. The minimum absolute atomic E-state index is 0.00465. The third-order valence-electron chi connectivity index (χ3n) is 5.73. The van der Waals surface area contributed by atoms with E-state index in [0.29, 0.717) is 0 Å². The van der Waals surface area contributed by atoms with Crippen LogP contribution in [-0.4, -0.2) is 70.5 Å². The Balaban J connectivity index is 1.65. The number of nitrogens with one attached hydrogen (secondary N) is 1. The summed E-state index contributed by atoms with van der Waals surface area (Å²) >= 11 is 0. The third kappa shape index (κ3) is 6.05. The van der Waals surface area contributed by atoms with E-state index in [1.54, 1.807) is 6.07 Å². The first-order chi connectivity index (χ1) is 17.0. The zero-order chi connectivity index (χ0) is 26.6. The van der Waals surface area contributed by atoms with Gasteiger partial charge >= 0.3 is 5.69 Å². The van der Waals surface area contributed by atoms with E-state index in [2.05, 4.69) is 5.32 Å². The van der Waals surface area contributed by atoms with Crippen molar-refractivity contribution in [3.8, 4) is 6.07 Å². The molecule has 2 aromatic rings. The van der Waals surface area contributed by atoms with E-state index >= 15 is 0 Å². The SMILES string of the molecule is Cc1cn([C@H]2C[C@H](O)[C@@H](CO)O2)c(=O)n(CCS(=O)(=O)CCNC(=O)c2ccc([19F])c(C#N)c2)c1=O. The fraction of sp³-hybridized carbons (Fsp3) is 0.455. The van der Waals surface area contributed by atoms with E-state index in [0.717, 1.165) is 27.3 Å². The fourth-order valence-electron chi connectivity index (χ4n) is 3.72. The summed E-state index contributed by atoms with van der Waals surface area (Å²) in [6.07, 6.45) is -1.57. The minimum atomic E-state index is -3.82. The summed E-state index contributed by atoms with van der Waals surface area (Å²) in [6, 6.07) is 4.77. The molecular formula is C22H25FN4O8S. The first kappa shape index (κ1) is 27.2. The summed E-state index contributed by atoms with van der Waals surface area (Å²) in [5.41, 5.74) is -1.69. The number of amides is 1. The largest absolute Gasteiger partial charge is 0.394 e.